The summed E-state index contributed by atoms with van der Waals surface area (Å²) in [5.41, 5.74) is 0. The summed E-state index contributed by atoms with van der Waals surface area (Å²) in [5.74, 6) is 0. The SMILES string of the molecule is C.C1CCCCC1.C1CCCCC1.[HH]. The van der Waals surface area contributed by atoms with E-state index in [1.54, 1.807) is 0 Å². The van der Waals surface area contributed by atoms with Gasteiger partial charge in [0, 0.05) is 1.43 Å². The van der Waals surface area contributed by atoms with Gasteiger partial charge in [-0.2, -0.15) is 0 Å². The van der Waals surface area contributed by atoms with E-state index >= 15 is 0 Å². The van der Waals surface area contributed by atoms with Crippen LogP contribution >= 0.6 is 0 Å². The van der Waals surface area contributed by atoms with Crippen LogP contribution in [0, 0.1) is 0 Å². The Morgan fingerprint density at radius 3 is 0.462 bits per heavy atom. The highest BCUT2D eigenvalue weighted by molar-refractivity contribution is 4.51. The van der Waals surface area contributed by atoms with E-state index in [9.17, 15) is 0 Å². The summed E-state index contributed by atoms with van der Waals surface area (Å²) in [6, 6.07) is 0. The lowest BCUT2D eigenvalue weighted by molar-refractivity contribution is 0.504. The average molecular weight is 186 g/mol. The minimum absolute atomic E-state index is 0. The maximum Gasteiger partial charge on any atom is 0 e. The van der Waals surface area contributed by atoms with Crippen LogP contribution in [0.3, 0.4) is 0 Å². The van der Waals surface area contributed by atoms with Crippen LogP contribution in [0.4, 0.5) is 0 Å². The van der Waals surface area contributed by atoms with Crippen molar-refractivity contribution in [3.8, 4) is 0 Å². The summed E-state index contributed by atoms with van der Waals surface area (Å²) >= 11 is 0. The van der Waals surface area contributed by atoms with Gasteiger partial charge in [0.1, 0.15) is 0 Å². The molecule has 0 amide bonds. The summed E-state index contributed by atoms with van der Waals surface area (Å²) in [6.45, 7) is 0. The van der Waals surface area contributed by atoms with E-state index in [1.807, 2.05) is 0 Å². The molecule has 0 saturated heterocycles. The van der Waals surface area contributed by atoms with Gasteiger partial charge in [0.15, 0.2) is 0 Å². The predicted octanol–water partition coefficient (Wildman–Crippen LogP) is 5.56. The number of hydrogen-bond acceptors (Lipinski definition) is 0. The molecular formula is C13H30. The summed E-state index contributed by atoms with van der Waals surface area (Å²) < 4.78 is 0. The number of rotatable bonds is 0. The van der Waals surface area contributed by atoms with Crippen LogP contribution in [0.25, 0.3) is 0 Å². The molecule has 2 aliphatic rings. The van der Waals surface area contributed by atoms with E-state index < -0.39 is 0 Å². The van der Waals surface area contributed by atoms with E-state index in [4.69, 9.17) is 0 Å². The maximum atomic E-state index is 1.50. The first kappa shape index (κ1) is 13.0. The van der Waals surface area contributed by atoms with E-state index in [0.717, 1.165) is 0 Å². The van der Waals surface area contributed by atoms with Gasteiger partial charge >= 0.3 is 0 Å². The van der Waals surface area contributed by atoms with Gasteiger partial charge in [0.25, 0.3) is 0 Å². The van der Waals surface area contributed by atoms with Crippen LogP contribution in [0.1, 0.15) is 85.9 Å². The lowest BCUT2D eigenvalue weighted by Crippen LogP contribution is -1.85. The van der Waals surface area contributed by atoms with Gasteiger partial charge in [-0.25, -0.2) is 0 Å². The standard InChI is InChI=1S/2C6H12.CH4.H2/c2*1-2-4-6-5-3-1;;/h2*1-6H2;1H4;1H. The fourth-order valence-electron chi connectivity index (χ4n) is 2.12. The van der Waals surface area contributed by atoms with Crippen molar-refractivity contribution in [1.29, 1.82) is 0 Å². The van der Waals surface area contributed by atoms with Crippen LogP contribution in [0.15, 0.2) is 0 Å². The van der Waals surface area contributed by atoms with Crippen LogP contribution in [-0.2, 0) is 0 Å². The lowest BCUT2D eigenvalue weighted by atomic mass is 10.0. The normalized spacial score (nSPS) is 22.2. The van der Waals surface area contributed by atoms with Crippen LogP contribution in [-0.4, -0.2) is 0 Å². The van der Waals surface area contributed by atoms with Crippen LogP contribution in [0.5, 0.6) is 0 Å². The fraction of sp³-hybridized carbons (Fsp3) is 1.00. The molecule has 0 radical (unpaired) electrons. The van der Waals surface area contributed by atoms with E-state index in [0.29, 0.717) is 0 Å². The van der Waals surface area contributed by atoms with Crippen molar-refractivity contribution >= 4 is 0 Å². The second-order valence-corrected chi connectivity index (χ2v) is 4.24. The molecule has 0 aromatic rings. The molecule has 13 heavy (non-hydrogen) atoms. The average Bonchev–Trinajstić information content (AvgIpc) is 2.24. The molecule has 0 spiro atoms. The topological polar surface area (TPSA) is 0 Å². The molecule has 0 bridgehead atoms. The van der Waals surface area contributed by atoms with Gasteiger partial charge in [0.05, 0.1) is 0 Å². The van der Waals surface area contributed by atoms with E-state index in [2.05, 4.69) is 0 Å². The van der Waals surface area contributed by atoms with Gasteiger partial charge in [-0.3, -0.25) is 0 Å². The Kier molecular flexibility index (Phi) is 10.1. The summed E-state index contributed by atoms with van der Waals surface area (Å²) in [5, 5.41) is 0. The van der Waals surface area contributed by atoms with Gasteiger partial charge in [-0.1, -0.05) is 84.5 Å². The highest BCUT2D eigenvalue weighted by atomic mass is 14.0. The molecule has 0 N–H and O–H groups in total. The Labute approximate surface area is 86.6 Å². The minimum atomic E-state index is 0. The molecule has 0 heterocycles. The van der Waals surface area contributed by atoms with Crippen molar-refractivity contribution in [3.05, 3.63) is 0 Å². The zero-order valence-electron chi connectivity index (χ0n) is 8.49. The van der Waals surface area contributed by atoms with Crippen LogP contribution < -0.4 is 0 Å². The summed E-state index contributed by atoms with van der Waals surface area (Å²) in [7, 11) is 0. The molecule has 0 heteroatoms. The maximum absolute atomic E-state index is 1.50. The molecule has 2 aliphatic carbocycles. The van der Waals surface area contributed by atoms with E-state index in [-0.39, 0.29) is 8.85 Å². The molecule has 2 fully saturated rings. The molecule has 0 unspecified atom stereocenters. The van der Waals surface area contributed by atoms with Crippen molar-refractivity contribution in [2.24, 2.45) is 0 Å². The molecule has 0 aromatic carbocycles. The highest BCUT2D eigenvalue weighted by Gasteiger charge is 1.96. The second kappa shape index (κ2) is 10.1. The molecular weight excluding hydrogens is 156 g/mol. The van der Waals surface area contributed by atoms with Gasteiger partial charge in [-0.05, 0) is 0 Å². The zero-order chi connectivity index (χ0) is 8.49. The molecule has 2 rings (SSSR count). The smallest absolute Gasteiger partial charge is 0 e. The first-order chi connectivity index (χ1) is 6.00. The van der Waals surface area contributed by atoms with Gasteiger partial charge in [0.2, 0.25) is 0 Å². The monoisotopic (exact) mass is 186 g/mol. The summed E-state index contributed by atoms with van der Waals surface area (Å²) in [4.78, 5) is 0. The van der Waals surface area contributed by atoms with Gasteiger partial charge in [-0.15, -0.1) is 0 Å². The van der Waals surface area contributed by atoms with Crippen molar-refractivity contribution in [3.63, 3.8) is 0 Å². The Morgan fingerprint density at radius 2 is 0.385 bits per heavy atom. The van der Waals surface area contributed by atoms with E-state index in [1.165, 1.54) is 77.0 Å². The van der Waals surface area contributed by atoms with Crippen LogP contribution in [0.2, 0.25) is 0 Å². The molecule has 2 saturated carbocycles. The predicted molar refractivity (Wildman–Crippen MR) is 64.2 cm³/mol. The molecule has 0 aromatic heterocycles. The third kappa shape index (κ3) is 8.33. The Balaban J connectivity index is 0. The number of hydrogen-bond donors (Lipinski definition) is 0. The third-order valence-electron chi connectivity index (χ3n) is 3.00. The van der Waals surface area contributed by atoms with Crippen molar-refractivity contribution in [1.82, 2.24) is 0 Å². The van der Waals surface area contributed by atoms with Gasteiger partial charge < -0.3 is 0 Å². The summed E-state index contributed by atoms with van der Waals surface area (Å²) in [6.07, 6.45) is 18.0. The first-order valence-electron chi connectivity index (χ1n) is 6.00. The highest BCUT2D eigenvalue weighted by Crippen LogP contribution is 2.15. The molecule has 0 atom stereocenters. The zero-order valence-corrected chi connectivity index (χ0v) is 8.49. The molecule has 0 nitrogen and oxygen atoms in total. The molecule has 0 aliphatic heterocycles. The van der Waals surface area contributed by atoms with Crippen molar-refractivity contribution in [2.45, 2.75) is 84.5 Å². The second-order valence-electron chi connectivity index (χ2n) is 4.24. The minimum Gasteiger partial charge on any atom is -0.0776 e. The van der Waals surface area contributed by atoms with Crippen molar-refractivity contribution in [2.75, 3.05) is 0 Å². The first-order valence-corrected chi connectivity index (χ1v) is 6.00. The Morgan fingerprint density at radius 1 is 0.308 bits per heavy atom. The quantitative estimate of drug-likeness (QED) is 0.464. The Hall–Kier alpha value is 0. The van der Waals surface area contributed by atoms with Crippen molar-refractivity contribution < 1.29 is 1.43 Å². The molecule has 82 valence electrons. The largest absolute Gasteiger partial charge is 0.0776 e. The fourth-order valence-corrected chi connectivity index (χ4v) is 2.12. The Bertz CT molecular complexity index is 48.2. The third-order valence-corrected chi connectivity index (χ3v) is 3.00. The lowest BCUT2D eigenvalue weighted by Gasteiger charge is -2.05.